The molecule has 18 heavy (non-hydrogen) atoms. The van der Waals surface area contributed by atoms with Gasteiger partial charge in [-0.15, -0.1) is 0 Å². The van der Waals surface area contributed by atoms with Crippen LogP contribution >= 0.6 is 0 Å². The second-order valence-corrected chi connectivity index (χ2v) is 5.49. The molecule has 1 aromatic heterocycles. The van der Waals surface area contributed by atoms with Gasteiger partial charge in [0.15, 0.2) is 11.5 Å². The largest absolute Gasteiger partial charge is 0.438 e. The van der Waals surface area contributed by atoms with Crippen LogP contribution in [0.4, 0.5) is 5.69 Å². The zero-order valence-corrected chi connectivity index (χ0v) is 11.1. The van der Waals surface area contributed by atoms with Crippen LogP contribution in [-0.2, 0) is 0 Å². The Bertz CT molecular complexity index is 580. The van der Waals surface area contributed by atoms with E-state index in [9.17, 15) is 0 Å². The number of oxazole rings is 1. The molecule has 3 rings (SSSR count). The molecule has 2 aromatic rings. The van der Waals surface area contributed by atoms with E-state index in [1.165, 1.54) is 32.1 Å². The van der Waals surface area contributed by atoms with E-state index in [0.29, 0.717) is 5.92 Å². The summed E-state index contributed by atoms with van der Waals surface area (Å²) < 4.78 is 5.96. The molecule has 96 valence electrons. The van der Waals surface area contributed by atoms with Crippen molar-refractivity contribution in [1.29, 1.82) is 0 Å². The Labute approximate surface area is 107 Å². The van der Waals surface area contributed by atoms with Crippen molar-refractivity contribution in [3.63, 3.8) is 0 Å². The number of aromatic nitrogens is 1. The lowest BCUT2D eigenvalue weighted by molar-refractivity contribution is 0.373. The van der Waals surface area contributed by atoms with E-state index in [0.717, 1.165) is 33.8 Å². The first-order valence-electron chi connectivity index (χ1n) is 6.83. The van der Waals surface area contributed by atoms with Crippen molar-refractivity contribution in [2.45, 2.75) is 51.9 Å². The number of hydrogen-bond acceptors (Lipinski definition) is 3. The van der Waals surface area contributed by atoms with E-state index in [2.05, 4.69) is 13.0 Å². The van der Waals surface area contributed by atoms with E-state index in [1.807, 2.05) is 6.92 Å². The van der Waals surface area contributed by atoms with Gasteiger partial charge in [0.2, 0.25) is 0 Å². The van der Waals surface area contributed by atoms with Crippen LogP contribution < -0.4 is 5.73 Å². The van der Waals surface area contributed by atoms with Crippen LogP contribution in [0.3, 0.4) is 0 Å². The summed E-state index contributed by atoms with van der Waals surface area (Å²) in [6, 6.07) is 2.09. The second kappa shape index (κ2) is 4.30. The van der Waals surface area contributed by atoms with E-state index in [4.69, 9.17) is 15.1 Å². The highest BCUT2D eigenvalue weighted by molar-refractivity contribution is 5.89. The SMILES string of the molecule is Cc1cc(C)c2nc(C3CCCCC3)oc2c1N. The van der Waals surface area contributed by atoms with Gasteiger partial charge in [-0.05, 0) is 37.8 Å². The molecule has 1 saturated carbocycles. The van der Waals surface area contributed by atoms with Gasteiger partial charge in [-0.25, -0.2) is 4.98 Å². The van der Waals surface area contributed by atoms with Crippen LogP contribution in [0.5, 0.6) is 0 Å². The molecule has 1 heterocycles. The Morgan fingerprint density at radius 3 is 2.61 bits per heavy atom. The van der Waals surface area contributed by atoms with Crippen molar-refractivity contribution >= 4 is 16.8 Å². The highest BCUT2D eigenvalue weighted by Gasteiger charge is 2.22. The summed E-state index contributed by atoms with van der Waals surface area (Å²) in [5.41, 5.74) is 10.8. The third-order valence-corrected chi connectivity index (χ3v) is 4.07. The summed E-state index contributed by atoms with van der Waals surface area (Å²) in [4.78, 5) is 4.69. The molecule has 0 saturated heterocycles. The van der Waals surface area contributed by atoms with Crippen molar-refractivity contribution in [2.24, 2.45) is 0 Å². The van der Waals surface area contributed by atoms with Crippen LogP contribution in [0.1, 0.15) is 55.0 Å². The lowest BCUT2D eigenvalue weighted by atomic mass is 9.89. The molecule has 0 spiro atoms. The van der Waals surface area contributed by atoms with Crippen LogP contribution in [0.2, 0.25) is 0 Å². The van der Waals surface area contributed by atoms with Crippen molar-refractivity contribution in [3.8, 4) is 0 Å². The Balaban J connectivity index is 2.10. The minimum atomic E-state index is 0.491. The van der Waals surface area contributed by atoms with E-state index >= 15 is 0 Å². The molecule has 2 N–H and O–H groups in total. The van der Waals surface area contributed by atoms with Gasteiger partial charge in [0.25, 0.3) is 0 Å². The van der Waals surface area contributed by atoms with Gasteiger partial charge in [0.05, 0.1) is 5.69 Å². The number of hydrogen-bond donors (Lipinski definition) is 1. The highest BCUT2D eigenvalue weighted by atomic mass is 16.3. The monoisotopic (exact) mass is 244 g/mol. The molecular formula is C15H20N2O. The van der Waals surface area contributed by atoms with Gasteiger partial charge in [-0.1, -0.05) is 25.3 Å². The number of nitrogens with zero attached hydrogens (tertiary/aromatic N) is 1. The molecule has 3 nitrogen and oxygen atoms in total. The summed E-state index contributed by atoms with van der Waals surface area (Å²) in [5, 5.41) is 0. The predicted molar refractivity (Wildman–Crippen MR) is 73.7 cm³/mol. The van der Waals surface area contributed by atoms with Crippen molar-refractivity contribution in [2.75, 3.05) is 5.73 Å². The number of aryl methyl sites for hydroxylation is 2. The molecule has 1 aromatic carbocycles. The standard InChI is InChI=1S/C15H20N2O/c1-9-8-10(2)13-14(12(9)16)18-15(17-13)11-6-4-3-5-7-11/h8,11H,3-7,16H2,1-2H3. The molecular weight excluding hydrogens is 224 g/mol. The number of benzene rings is 1. The molecule has 1 aliphatic carbocycles. The average molecular weight is 244 g/mol. The summed E-state index contributed by atoms with van der Waals surface area (Å²) in [6.07, 6.45) is 6.32. The molecule has 0 atom stereocenters. The summed E-state index contributed by atoms with van der Waals surface area (Å²) in [7, 11) is 0. The van der Waals surface area contributed by atoms with Crippen molar-refractivity contribution in [1.82, 2.24) is 4.98 Å². The molecule has 1 aliphatic rings. The molecule has 0 radical (unpaired) electrons. The fourth-order valence-corrected chi connectivity index (χ4v) is 2.96. The van der Waals surface area contributed by atoms with Gasteiger partial charge in [-0.3, -0.25) is 0 Å². The van der Waals surface area contributed by atoms with Gasteiger partial charge in [0.1, 0.15) is 5.52 Å². The van der Waals surface area contributed by atoms with Gasteiger partial charge in [-0.2, -0.15) is 0 Å². The molecule has 3 heteroatoms. The normalized spacial score (nSPS) is 17.4. The van der Waals surface area contributed by atoms with Crippen molar-refractivity contribution in [3.05, 3.63) is 23.1 Å². The van der Waals surface area contributed by atoms with Gasteiger partial charge in [0, 0.05) is 5.92 Å². The number of anilines is 1. The fourth-order valence-electron chi connectivity index (χ4n) is 2.96. The molecule has 1 fully saturated rings. The number of fused-ring (bicyclic) bond motifs is 1. The number of rotatable bonds is 1. The van der Waals surface area contributed by atoms with E-state index in [-0.39, 0.29) is 0 Å². The Morgan fingerprint density at radius 2 is 1.89 bits per heavy atom. The first kappa shape index (κ1) is 11.6. The smallest absolute Gasteiger partial charge is 0.198 e. The van der Waals surface area contributed by atoms with E-state index < -0.39 is 0 Å². The third-order valence-electron chi connectivity index (χ3n) is 4.07. The zero-order chi connectivity index (χ0) is 12.7. The summed E-state index contributed by atoms with van der Waals surface area (Å²) in [6.45, 7) is 4.09. The average Bonchev–Trinajstić information content (AvgIpc) is 2.83. The maximum atomic E-state index is 6.10. The second-order valence-electron chi connectivity index (χ2n) is 5.49. The minimum Gasteiger partial charge on any atom is -0.438 e. The Kier molecular flexibility index (Phi) is 2.77. The van der Waals surface area contributed by atoms with Gasteiger partial charge >= 0.3 is 0 Å². The topological polar surface area (TPSA) is 52.0 Å². The Morgan fingerprint density at radius 1 is 1.17 bits per heavy atom. The third kappa shape index (κ3) is 1.78. The fraction of sp³-hybridized carbons (Fsp3) is 0.533. The maximum Gasteiger partial charge on any atom is 0.198 e. The quantitative estimate of drug-likeness (QED) is 0.769. The van der Waals surface area contributed by atoms with Gasteiger partial charge < -0.3 is 10.2 Å². The lowest BCUT2D eigenvalue weighted by Gasteiger charge is -2.17. The minimum absolute atomic E-state index is 0.491. The predicted octanol–water partition coefficient (Wildman–Crippen LogP) is 4.07. The zero-order valence-electron chi connectivity index (χ0n) is 11.1. The molecule has 0 unspecified atom stereocenters. The van der Waals surface area contributed by atoms with Crippen LogP contribution in [0.25, 0.3) is 11.1 Å². The molecule has 0 bridgehead atoms. The van der Waals surface area contributed by atoms with E-state index in [1.54, 1.807) is 0 Å². The van der Waals surface area contributed by atoms with Crippen LogP contribution in [-0.4, -0.2) is 4.98 Å². The Hall–Kier alpha value is -1.51. The molecule has 0 aliphatic heterocycles. The van der Waals surface area contributed by atoms with Crippen molar-refractivity contribution < 1.29 is 4.42 Å². The van der Waals surface area contributed by atoms with Crippen LogP contribution in [0.15, 0.2) is 10.5 Å². The van der Waals surface area contributed by atoms with Crippen LogP contribution in [0, 0.1) is 13.8 Å². The maximum absolute atomic E-state index is 6.10. The number of nitrogens with two attached hydrogens (primary N) is 1. The number of nitrogen functional groups attached to an aromatic ring is 1. The first-order chi connectivity index (χ1) is 8.66. The first-order valence-corrected chi connectivity index (χ1v) is 6.83. The summed E-state index contributed by atoms with van der Waals surface area (Å²) in [5.74, 6) is 1.38. The molecule has 0 amide bonds. The summed E-state index contributed by atoms with van der Waals surface area (Å²) >= 11 is 0. The highest BCUT2D eigenvalue weighted by Crippen LogP contribution is 2.36. The lowest BCUT2D eigenvalue weighted by Crippen LogP contribution is -2.04.